The fraction of sp³-hybridized carbons (Fsp3) is 0.385. The van der Waals surface area contributed by atoms with Crippen molar-refractivity contribution >= 4 is 0 Å². The minimum Gasteiger partial charge on any atom is -0.305 e. The minimum absolute atomic E-state index is 0.0827. The van der Waals surface area contributed by atoms with E-state index in [2.05, 4.69) is 22.3 Å². The molecule has 2 aromatic heterocycles. The summed E-state index contributed by atoms with van der Waals surface area (Å²) in [7, 11) is 1.88. The molecule has 0 radical (unpaired) electrons. The normalized spacial score (nSPS) is 12.6. The van der Waals surface area contributed by atoms with E-state index in [1.807, 2.05) is 13.1 Å². The minimum atomic E-state index is -0.321. The van der Waals surface area contributed by atoms with Gasteiger partial charge in [-0.3, -0.25) is 9.67 Å². The summed E-state index contributed by atoms with van der Waals surface area (Å²) in [5.74, 6) is -0.321. The summed E-state index contributed by atoms with van der Waals surface area (Å²) in [6.45, 7) is 2.95. The Hall–Kier alpha value is -1.75. The predicted molar refractivity (Wildman–Crippen MR) is 67.5 cm³/mol. The number of rotatable bonds is 5. The molecule has 0 saturated carbocycles. The summed E-state index contributed by atoms with van der Waals surface area (Å²) in [6.07, 6.45) is 5.65. The zero-order valence-corrected chi connectivity index (χ0v) is 10.6. The van der Waals surface area contributed by atoms with Gasteiger partial charge in [0.25, 0.3) is 0 Å². The van der Waals surface area contributed by atoms with Crippen molar-refractivity contribution < 1.29 is 4.39 Å². The van der Waals surface area contributed by atoms with Crippen molar-refractivity contribution in [3.05, 3.63) is 47.8 Å². The van der Waals surface area contributed by atoms with Gasteiger partial charge in [0.1, 0.15) is 5.82 Å². The molecule has 0 aliphatic carbocycles. The second-order valence-electron chi connectivity index (χ2n) is 4.20. The molecule has 96 valence electrons. The number of pyridine rings is 1. The molecule has 0 aromatic carbocycles. The fourth-order valence-corrected chi connectivity index (χ4v) is 1.94. The van der Waals surface area contributed by atoms with Gasteiger partial charge in [-0.15, -0.1) is 0 Å². The summed E-state index contributed by atoms with van der Waals surface area (Å²) in [6, 6.07) is 3.35. The molecule has 0 spiro atoms. The molecule has 0 amide bonds. The van der Waals surface area contributed by atoms with Gasteiger partial charge in [-0.2, -0.15) is 5.10 Å². The highest BCUT2D eigenvalue weighted by molar-refractivity contribution is 5.25. The van der Waals surface area contributed by atoms with E-state index in [4.69, 9.17) is 0 Å². The molecule has 1 unspecified atom stereocenters. The monoisotopic (exact) mass is 248 g/mol. The molecule has 0 aliphatic heterocycles. The Kier molecular flexibility index (Phi) is 4.04. The van der Waals surface area contributed by atoms with Crippen LogP contribution in [0.1, 0.15) is 30.6 Å². The van der Waals surface area contributed by atoms with Crippen LogP contribution >= 0.6 is 0 Å². The Morgan fingerprint density at radius 2 is 2.28 bits per heavy atom. The Morgan fingerprint density at radius 1 is 1.44 bits per heavy atom. The number of aryl methyl sites for hydroxylation is 1. The molecular weight excluding hydrogens is 231 g/mol. The van der Waals surface area contributed by atoms with E-state index in [1.54, 1.807) is 17.1 Å². The molecule has 1 atom stereocenters. The van der Waals surface area contributed by atoms with Crippen molar-refractivity contribution in [1.82, 2.24) is 20.1 Å². The lowest BCUT2D eigenvalue weighted by atomic mass is 10.1. The first kappa shape index (κ1) is 12.7. The first-order valence-corrected chi connectivity index (χ1v) is 6.04. The zero-order valence-electron chi connectivity index (χ0n) is 10.6. The number of aromatic nitrogens is 3. The SMILES string of the molecule is CCCNC(c1cncc(F)c1)c1ccnn1C. The molecular formula is C13H17FN4. The van der Waals surface area contributed by atoms with Gasteiger partial charge >= 0.3 is 0 Å². The molecule has 18 heavy (non-hydrogen) atoms. The Bertz CT molecular complexity index is 509. The first-order valence-electron chi connectivity index (χ1n) is 6.04. The van der Waals surface area contributed by atoms with Crippen molar-refractivity contribution in [3.63, 3.8) is 0 Å². The molecule has 2 aromatic rings. The standard InChI is InChI=1S/C13H17FN4/c1-3-5-16-13(12-4-6-17-18(12)2)10-7-11(14)9-15-8-10/h4,6-9,13,16H,3,5H2,1-2H3. The summed E-state index contributed by atoms with van der Waals surface area (Å²) >= 11 is 0. The van der Waals surface area contributed by atoms with Crippen LogP contribution in [0.5, 0.6) is 0 Å². The molecule has 0 aliphatic rings. The maximum absolute atomic E-state index is 13.3. The van der Waals surface area contributed by atoms with Crippen molar-refractivity contribution in [1.29, 1.82) is 0 Å². The van der Waals surface area contributed by atoms with Crippen molar-refractivity contribution in [2.24, 2.45) is 7.05 Å². The average molecular weight is 248 g/mol. The second kappa shape index (κ2) is 5.73. The molecule has 4 nitrogen and oxygen atoms in total. The lowest BCUT2D eigenvalue weighted by Gasteiger charge is -2.19. The first-order chi connectivity index (χ1) is 8.72. The van der Waals surface area contributed by atoms with Crippen LogP contribution in [-0.2, 0) is 7.05 Å². The lowest BCUT2D eigenvalue weighted by Crippen LogP contribution is -2.25. The highest BCUT2D eigenvalue weighted by Crippen LogP contribution is 2.21. The van der Waals surface area contributed by atoms with Crippen molar-refractivity contribution in [2.45, 2.75) is 19.4 Å². The largest absolute Gasteiger partial charge is 0.305 e. The van der Waals surface area contributed by atoms with Crippen LogP contribution in [0, 0.1) is 5.82 Å². The van der Waals surface area contributed by atoms with E-state index in [-0.39, 0.29) is 11.9 Å². The Labute approximate surface area is 106 Å². The average Bonchev–Trinajstić information content (AvgIpc) is 2.77. The van der Waals surface area contributed by atoms with Gasteiger partial charge in [-0.25, -0.2) is 4.39 Å². The molecule has 5 heteroatoms. The third-order valence-electron chi connectivity index (χ3n) is 2.81. The van der Waals surface area contributed by atoms with Crippen molar-refractivity contribution in [3.8, 4) is 0 Å². The van der Waals surface area contributed by atoms with Crippen LogP contribution in [0.3, 0.4) is 0 Å². The summed E-state index contributed by atoms with van der Waals surface area (Å²) < 4.78 is 15.1. The third-order valence-corrected chi connectivity index (χ3v) is 2.81. The summed E-state index contributed by atoms with van der Waals surface area (Å²) in [5, 5.41) is 7.54. The topological polar surface area (TPSA) is 42.7 Å². The maximum atomic E-state index is 13.3. The van der Waals surface area contributed by atoms with Gasteiger partial charge in [0, 0.05) is 19.4 Å². The predicted octanol–water partition coefficient (Wildman–Crippen LogP) is 2.04. The quantitative estimate of drug-likeness (QED) is 0.880. The third kappa shape index (κ3) is 2.73. The number of halogens is 1. The molecule has 0 bridgehead atoms. The van der Waals surface area contributed by atoms with Crippen LogP contribution in [0.2, 0.25) is 0 Å². The van der Waals surface area contributed by atoms with Crippen LogP contribution < -0.4 is 5.32 Å². The Morgan fingerprint density at radius 3 is 2.89 bits per heavy atom. The van der Waals surface area contributed by atoms with Gasteiger partial charge in [0.2, 0.25) is 0 Å². The van der Waals surface area contributed by atoms with Crippen LogP contribution in [0.4, 0.5) is 4.39 Å². The number of hydrogen-bond donors (Lipinski definition) is 1. The van der Waals surface area contributed by atoms with E-state index in [0.717, 1.165) is 24.2 Å². The van der Waals surface area contributed by atoms with E-state index in [1.165, 1.54) is 12.3 Å². The van der Waals surface area contributed by atoms with E-state index >= 15 is 0 Å². The van der Waals surface area contributed by atoms with Crippen LogP contribution in [-0.4, -0.2) is 21.3 Å². The van der Waals surface area contributed by atoms with Crippen molar-refractivity contribution in [2.75, 3.05) is 6.54 Å². The molecule has 2 heterocycles. The smallest absolute Gasteiger partial charge is 0.141 e. The Balaban J connectivity index is 2.33. The van der Waals surface area contributed by atoms with E-state index < -0.39 is 0 Å². The summed E-state index contributed by atoms with van der Waals surface area (Å²) in [4.78, 5) is 3.91. The summed E-state index contributed by atoms with van der Waals surface area (Å²) in [5.41, 5.74) is 1.81. The van der Waals surface area contributed by atoms with E-state index in [0.29, 0.717) is 0 Å². The molecule has 0 saturated heterocycles. The number of hydrogen-bond acceptors (Lipinski definition) is 3. The molecule has 2 rings (SSSR count). The van der Waals surface area contributed by atoms with Gasteiger partial charge in [0.15, 0.2) is 0 Å². The number of nitrogens with zero attached hydrogens (tertiary/aromatic N) is 3. The van der Waals surface area contributed by atoms with E-state index in [9.17, 15) is 4.39 Å². The van der Waals surface area contributed by atoms with Gasteiger partial charge in [0.05, 0.1) is 17.9 Å². The van der Waals surface area contributed by atoms with Crippen LogP contribution in [0.15, 0.2) is 30.7 Å². The molecule has 1 N–H and O–H groups in total. The van der Waals surface area contributed by atoms with Crippen LogP contribution in [0.25, 0.3) is 0 Å². The maximum Gasteiger partial charge on any atom is 0.141 e. The number of nitrogens with one attached hydrogen (secondary N) is 1. The van der Waals surface area contributed by atoms with Gasteiger partial charge < -0.3 is 5.32 Å². The van der Waals surface area contributed by atoms with Gasteiger partial charge in [-0.05, 0) is 30.7 Å². The second-order valence-corrected chi connectivity index (χ2v) is 4.20. The fourth-order valence-electron chi connectivity index (χ4n) is 1.94. The highest BCUT2D eigenvalue weighted by Gasteiger charge is 2.17. The zero-order chi connectivity index (χ0) is 13.0. The lowest BCUT2D eigenvalue weighted by molar-refractivity contribution is 0.545. The highest BCUT2D eigenvalue weighted by atomic mass is 19.1. The van der Waals surface area contributed by atoms with Gasteiger partial charge in [-0.1, -0.05) is 6.92 Å². The molecule has 0 fully saturated rings.